The largest absolute Gasteiger partial charge is 0.469 e. The Balaban J connectivity index is 2.38. The van der Waals surface area contributed by atoms with Crippen LogP contribution in [-0.4, -0.2) is 44.2 Å². The van der Waals surface area contributed by atoms with Crippen LogP contribution in [-0.2, 0) is 9.53 Å². The lowest BCUT2D eigenvalue weighted by atomic mass is 9.90. The summed E-state index contributed by atoms with van der Waals surface area (Å²) in [5.74, 6) is 0.147. The van der Waals surface area contributed by atoms with Crippen LogP contribution in [0.15, 0.2) is 0 Å². The molecule has 0 aromatic rings. The van der Waals surface area contributed by atoms with Gasteiger partial charge in [-0.1, -0.05) is 0 Å². The molecule has 1 rings (SSSR count). The Morgan fingerprint density at radius 1 is 1.69 bits per heavy atom. The molecule has 2 N–H and O–H groups in total. The quantitative estimate of drug-likeness (QED) is 0.608. The molecule has 0 radical (unpaired) electrons. The maximum atomic E-state index is 11.0. The van der Waals surface area contributed by atoms with E-state index in [9.17, 15) is 4.79 Å². The summed E-state index contributed by atoms with van der Waals surface area (Å²) in [4.78, 5) is 13.2. The van der Waals surface area contributed by atoms with Gasteiger partial charge in [0.15, 0.2) is 0 Å². The first-order chi connectivity index (χ1) is 6.13. The van der Waals surface area contributed by atoms with E-state index in [0.29, 0.717) is 12.3 Å². The van der Waals surface area contributed by atoms with Gasteiger partial charge in [0.25, 0.3) is 0 Å². The molecule has 1 aliphatic heterocycles. The highest BCUT2D eigenvalue weighted by Crippen LogP contribution is 2.18. The number of piperidine rings is 1. The molecule has 1 heterocycles. The van der Waals surface area contributed by atoms with Crippen LogP contribution in [0.25, 0.3) is 0 Å². The van der Waals surface area contributed by atoms with Crippen molar-refractivity contribution in [3.63, 3.8) is 0 Å². The molecule has 4 nitrogen and oxygen atoms in total. The zero-order chi connectivity index (χ0) is 9.84. The van der Waals surface area contributed by atoms with Gasteiger partial charge in [-0.2, -0.15) is 0 Å². The maximum absolute atomic E-state index is 11.0. The van der Waals surface area contributed by atoms with Gasteiger partial charge in [-0.05, 0) is 25.9 Å². The van der Waals surface area contributed by atoms with Crippen LogP contribution in [0.2, 0.25) is 0 Å². The molecule has 0 bridgehead atoms. The van der Waals surface area contributed by atoms with Crippen molar-refractivity contribution < 1.29 is 9.53 Å². The monoisotopic (exact) mass is 186 g/mol. The van der Waals surface area contributed by atoms with E-state index in [0.717, 1.165) is 19.5 Å². The second-order valence-corrected chi connectivity index (χ2v) is 3.76. The molecule has 0 amide bonds. The van der Waals surface area contributed by atoms with E-state index in [4.69, 9.17) is 5.73 Å². The number of carbonyl (C=O) groups excluding carboxylic acids is 1. The fraction of sp³-hybridized carbons (Fsp3) is 0.889. The summed E-state index contributed by atoms with van der Waals surface area (Å²) in [7, 11) is 3.47. The first-order valence-electron chi connectivity index (χ1n) is 4.64. The molecule has 13 heavy (non-hydrogen) atoms. The summed E-state index contributed by atoms with van der Waals surface area (Å²) >= 11 is 0. The molecule has 1 aliphatic rings. The van der Waals surface area contributed by atoms with Crippen molar-refractivity contribution in [3.05, 3.63) is 0 Å². The van der Waals surface area contributed by atoms with Gasteiger partial charge in [0, 0.05) is 19.0 Å². The number of nitrogens with zero attached hydrogens (tertiary/aromatic N) is 1. The SMILES string of the molecule is COC(=O)C[C@H]1CCN(C)C[C@H]1N. The molecule has 0 saturated carbocycles. The molecular formula is C9H18N2O2. The first kappa shape index (κ1) is 10.5. The number of carbonyl (C=O) groups is 1. The molecule has 1 saturated heterocycles. The van der Waals surface area contributed by atoms with Gasteiger partial charge in [0.05, 0.1) is 7.11 Å². The summed E-state index contributed by atoms with van der Waals surface area (Å²) in [6.45, 7) is 1.90. The molecule has 76 valence electrons. The molecule has 0 aromatic heterocycles. The average molecular weight is 186 g/mol. The van der Waals surface area contributed by atoms with Gasteiger partial charge < -0.3 is 15.4 Å². The summed E-state index contributed by atoms with van der Waals surface area (Å²) < 4.78 is 4.62. The Hall–Kier alpha value is -0.610. The zero-order valence-corrected chi connectivity index (χ0v) is 8.32. The Morgan fingerprint density at radius 3 is 2.92 bits per heavy atom. The smallest absolute Gasteiger partial charge is 0.305 e. The first-order valence-corrected chi connectivity index (χ1v) is 4.64. The van der Waals surface area contributed by atoms with Crippen molar-refractivity contribution in [2.24, 2.45) is 11.7 Å². The van der Waals surface area contributed by atoms with Crippen molar-refractivity contribution in [1.29, 1.82) is 0 Å². The Morgan fingerprint density at radius 2 is 2.38 bits per heavy atom. The van der Waals surface area contributed by atoms with E-state index in [1.54, 1.807) is 0 Å². The number of ether oxygens (including phenoxy) is 1. The topological polar surface area (TPSA) is 55.6 Å². The second kappa shape index (κ2) is 4.58. The van der Waals surface area contributed by atoms with Crippen LogP contribution in [0, 0.1) is 5.92 Å². The number of hydrogen-bond acceptors (Lipinski definition) is 4. The molecule has 0 aromatic carbocycles. The highest BCUT2D eigenvalue weighted by Gasteiger charge is 2.26. The predicted molar refractivity (Wildman–Crippen MR) is 50.2 cm³/mol. The standard InChI is InChI=1S/C9H18N2O2/c1-11-4-3-7(8(10)6-11)5-9(12)13-2/h7-8H,3-6,10H2,1-2H3/t7-,8-/m1/s1. The number of esters is 1. The molecule has 0 aliphatic carbocycles. The van der Waals surface area contributed by atoms with Crippen LogP contribution >= 0.6 is 0 Å². The fourth-order valence-corrected chi connectivity index (χ4v) is 1.75. The van der Waals surface area contributed by atoms with E-state index in [-0.39, 0.29) is 12.0 Å². The number of methoxy groups -OCH3 is 1. The van der Waals surface area contributed by atoms with Crippen LogP contribution in [0.5, 0.6) is 0 Å². The summed E-state index contributed by atoms with van der Waals surface area (Å²) in [6.07, 6.45) is 1.46. The highest BCUT2D eigenvalue weighted by molar-refractivity contribution is 5.69. The molecular weight excluding hydrogens is 168 g/mol. The minimum absolute atomic E-state index is 0.109. The summed E-state index contributed by atoms with van der Waals surface area (Å²) in [5, 5.41) is 0. The minimum Gasteiger partial charge on any atom is -0.469 e. The van der Waals surface area contributed by atoms with E-state index in [1.807, 2.05) is 7.05 Å². The highest BCUT2D eigenvalue weighted by atomic mass is 16.5. The molecule has 1 fully saturated rings. The van der Waals surface area contributed by atoms with Gasteiger partial charge in [0.2, 0.25) is 0 Å². The van der Waals surface area contributed by atoms with Crippen molar-refractivity contribution in [3.8, 4) is 0 Å². The van der Waals surface area contributed by atoms with Crippen molar-refractivity contribution >= 4 is 5.97 Å². The Kier molecular flexibility index (Phi) is 3.69. The molecule has 2 atom stereocenters. The van der Waals surface area contributed by atoms with Crippen LogP contribution in [0.4, 0.5) is 0 Å². The Labute approximate surface area is 79.0 Å². The van der Waals surface area contributed by atoms with E-state index < -0.39 is 0 Å². The summed E-state index contributed by atoms with van der Waals surface area (Å²) in [5.41, 5.74) is 5.92. The third kappa shape index (κ3) is 2.97. The van der Waals surface area contributed by atoms with Gasteiger partial charge in [0.1, 0.15) is 0 Å². The minimum atomic E-state index is -0.148. The number of likely N-dealkylation sites (tertiary alicyclic amines) is 1. The van der Waals surface area contributed by atoms with E-state index in [1.165, 1.54) is 7.11 Å². The maximum Gasteiger partial charge on any atom is 0.305 e. The lowest BCUT2D eigenvalue weighted by molar-refractivity contribution is -0.142. The third-order valence-electron chi connectivity index (χ3n) is 2.67. The second-order valence-electron chi connectivity index (χ2n) is 3.76. The lowest BCUT2D eigenvalue weighted by Gasteiger charge is -2.33. The normalized spacial score (nSPS) is 30.1. The molecule has 0 unspecified atom stereocenters. The Bertz CT molecular complexity index is 184. The summed E-state index contributed by atoms with van der Waals surface area (Å²) in [6, 6.07) is 0.109. The fourth-order valence-electron chi connectivity index (χ4n) is 1.75. The molecule has 4 heteroatoms. The van der Waals surface area contributed by atoms with Crippen molar-refractivity contribution in [2.45, 2.75) is 18.9 Å². The van der Waals surface area contributed by atoms with Crippen molar-refractivity contribution in [1.82, 2.24) is 4.90 Å². The van der Waals surface area contributed by atoms with Gasteiger partial charge in [-0.3, -0.25) is 4.79 Å². The number of likely N-dealkylation sites (N-methyl/N-ethyl adjacent to an activating group) is 1. The van der Waals surface area contributed by atoms with Crippen LogP contribution in [0.3, 0.4) is 0 Å². The molecule has 0 spiro atoms. The number of nitrogens with two attached hydrogens (primary N) is 1. The number of rotatable bonds is 2. The van der Waals surface area contributed by atoms with Crippen LogP contribution < -0.4 is 5.73 Å². The van der Waals surface area contributed by atoms with Gasteiger partial charge in [-0.25, -0.2) is 0 Å². The lowest BCUT2D eigenvalue weighted by Crippen LogP contribution is -2.47. The van der Waals surface area contributed by atoms with Crippen molar-refractivity contribution in [2.75, 3.05) is 27.2 Å². The van der Waals surface area contributed by atoms with Gasteiger partial charge in [-0.15, -0.1) is 0 Å². The third-order valence-corrected chi connectivity index (χ3v) is 2.67. The average Bonchev–Trinajstić information content (AvgIpc) is 2.09. The number of hydrogen-bond donors (Lipinski definition) is 1. The zero-order valence-electron chi connectivity index (χ0n) is 8.32. The van der Waals surface area contributed by atoms with Gasteiger partial charge >= 0.3 is 5.97 Å². The van der Waals surface area contributed by atoms with Crippen LogP contribution in [0.1, 0.15) is 12.8 Å². The predicted octanol–water partition coefficient (Wildman–Crippen LogP) is -0.171. The van der Waals surface area contributed by atoms with E-state index in [2.05, 4.69) is 9.64 Å². The van der Waals surface area contributed by atoms with E-state index >= 15 is 0 Å².